The Morgan fingerprint density at radius 1 is 1.09 bits per heavy atom. The lowest BCUT2D eigenvalue weighted by Crippen LogP contribution is -2.09. The van der Waals surface area contributed by atoms with Crippen LogP contribution in [0.25, 0.3) is 11.3 Å². The third kappa shape index (κ3) is 4.51. The minimum absolute atomic E-state index is 0.0480. The second-order valence-corrected chi connectivity index (χ2v) is 4.75. The van der Waals surface area contributed by atoms with Gasteiger partial charge in [0.2, 0.25) is 0 Å². The van der Waals surface area contributed by atoms with E-state index < -0.39 is 6.61 Å². The number of hydrogen-bond donors (Lipinski definition) is 1. The van der Waals surface area contributed by atoms with Crippen LogP contribution in [0.2, 0.25) is 0 Å². The molecule has 1 N–H and O–H groups in total. The first-order valence-corrected chi connectivity index (χ1v) is 6.74. The van der Waals surface area contributed by atoms with Gasteiger partial charge in [-0.15, -0.1) is 10.2 Å². The van der Waals surface area contributed by atoms with E-state index in [1.165, 1.54) is 6.07 Å². The molecule has 0 fully saturated rings. The zero-order chi connectivity index (χ0) is 16.8. The van der Waals surface area contributed by atoms with Crippen LogP contribution < -0.4 is 14.8 Å². The molecule has 23 heavy (non-hydrogen) atoms. The number of halogens is 2. The number of nitrogens with one attached hydrogen (secondary N) is 1. The van der Waals surface area contributed by atoms with Crippen LogP contribution >= 0.6 is 0 Å². The number of anilines is 1. The molecule has 0 aliphatic rings. The monoisotopic (exact) mass is 320 g/mol. The molecule has 2 aromatic rings. The molecule has 0 saturated heterocycles. The molecule has 0 amide bonds. The number of ether oxygens (including phenoxy) is 2. The second kappa shape index (κ2) is 7.35. The van der Waals surface area contributed by atoms with E-state index in [0.29, 0.717) is 17.1 Å². The highest BCUT2D eigenvalue weighted by Crippen LogP contribution is 2.33. The van der Waals surface area contributed by atoms with Crippen LogP contribution in [-0.2, 0) is 0 Å². The zero-order valence-electron chi connectivity index (χ0n) is 12.5. The lowest BCUT2D eigenvalue weighted by molar-refractivity contribution is -0.0518. The molecule has 0 bridgehead atoms. The second-order valence-electron chi connectivity index (χ2n) is 4.75. The standard InChI is InChI=1S/C15H14F2N4O2/c1-9(2)22-13-7-10(3-5-12(13)23-15(16)17)11-4-6-14(19-8-18)21-20-11/h3-7,9,15H,1-2H3,(H,19,21). The van der Waals surface area contributed by atoms with Gasteiger partial charge < -0.3 is 9.47 Å². The maximum atomic E-state index is 12.4. The van der Waals surface area contributed by atoms with E-state index in [4.69, 9.17) is 10.00 Å². The van der Waals surface area contributed by atoms with Gasteiger partial charge in [0.1, 0.15) is 0 Å². The fraction of sp³-hybridized carbons (Fsp3) is 0.267. The highest BCUT2D eigenvalue weighted by molar-refractivity contribution is 5.64. The fourth-order valence-corrected chi connectivity index (χ4v) is 1.82. The fourth-order valence-electron chi connectivity index (χ4n) is 1.82. The van der Waals surface area contributed by atoms with Crippen LogP contribution in [0.5, 0.6) is 11.5 Å². The zero-order valence-corrected chi connectivity index (χ0v) is 12.5. The Morgan fingerprint density at radius 3 is 2.43 bits per heavy atom. The molecule has 2 rings (SSSR count). The number of nitrogens with zero attached hydrogens (tertiary/aromatic N) is 3. The van der Waals surface area contributed by atoms with E-state index in [9.17, 15) is 8.78 Å². The first kappa shape index (κ1) is 16.4. The largest absolute Gasteiger partial charge is 0.487 e. The highest BCUT2D eigenvalue weighted by atomic mass is 19.3. The maximum absolute atomic E-state index is 12.4. The van der Waals surface area contributed by atoms with Crippen LogP contribution in [0.4, 0.5) is 14.6 Å². The average molecular weight is 320 g/mol. The van der Waals surface area contributed by atoms with Crippen LogP contribution in [0, 0.1) is 11.5 Å². The molecule has 1 heterocycles. The van der Waals surface area contributed by atoms with Crippen molar-refractivity contribution in [1.82, 2.24) is 10.2 Å². The number of hydrogen-bond acceptors (Lipinski definition) is 6. The summed E-state index contributed by atoms with van der Waals surface area (Å²) < 4.78 is 34.8. The summed E-state index contributed by atoms with van der Waals surface area (Å²) in [5.74, 6) is 0.458. The van der Waals surface area contributed by atoms with E-state index in [1.807, 2.05) is 0 Å². The highest BCUT2D eigenvalue weighted by Gasteiger charge is 2.14. The van der Waals surface area contributed by atoms with Gasteiger partial charge in [-0.25, -0.2) is 0 Å². The van der Waals surface area contributed by atoms with Gasteiger partial charge in [0.15, 0.2) is 23.5 Å². The van der Waals surface area contributed by atoms with Crippen molar-refractivity contribution in [3.05, 3.63) is 30.3 Å². The van der Waals surface area contributed by atoms with Crippen molar-refractivity contribution in [2.24, 2.45) is 0 Å². The number of aromatic nitrogens is 2. The molecule has 0 saturated carbocycles. The van der Waals surface area contributed by atoms with Gasteiger partial charge >= 0.3 is 6.61 Å². The smallest absolute Gasteiger partial charge is 0.387 e. The van der Waals surface area contributed by atoms with Crippen LogP contribution in [0.1, 0.15) is 13.8 Å². The van der Waals surface area contributed by atoms with Crippen LogP contribution in [0.3, 0.4) is 0 Å². The van der Waals surface area contributed by atoms with Gasteiger partial charge in [0, 0.05) is 5.56 Å². The third-order valence-corrected chi connectivity index (χ3v) is 2.67. The average Bonchev–Trinajstić information content (AvgIpc) is 2.49. The van der Waals surface area contributed by atoms with Crippen LogP contribution in [-0.4, -0.2) is 22.9 Å². The Labute approximate surface area is 131 Å². The predicted molar refractivity (Wildman–Crippen MR) is 79.1 cm³/mol. The normalized spacial score (nSPS) is 10.5. The minimum Gasteiger partial charge on any atom is -0.487 e. The Kier molecular flexibility index (Phi) is 5.25. The van der Waals surface area contributed by atoms with Crippen molar-refractivity contribution >= 4 is 5.82 Å². The van der Waals surface area contributed by atoms with E-state index in [1.54, 1.807) is 44.3 Å². The van der Waals surface area contributed by atoms with Crippen molar-refractivity contribution in [3.63, 3.8) is 0 Å². The van der Waals surface area contributed by atoms with Gasteiger partial charge in [-0.1, -0.05) is 0 Å². The van der Waals surface area contributed by atoms with Crippen molar-refractivity contribution in [3.8, 4) is 28.9 Å². The Bertz CT molecular complexity index is 700. The molecule has 6 nitrogen and oxygen atoms in total. The van der Waals surface area contributed by atoms with Gasteiger partial charge in [0.25, 0.3) is 0 Å². The topological polar surface area (TPSA) is 80.1 Å². The molecular formula is C15H14F2N4O2. The molecular weight excluding hydrogens is 306 g/mol. The van der Waals surface area contributed by atoms with Crippen molar-refractivity contribution in [1.29, 1.82) is 5.26 Å². The maximum Gasteiger partial charge on any atom is 0.387 e. The van der Waals surface area contributed by atoms with Gasteiger partial charge in [-0.05, 0) is 44.2 Å². The molecule has 8 heteroatoms. The summed E-state index contributed by atoms with van der Waals surface area (Å²) in [5, 5.41) is 18.7. The number of alkyl halides is 2. The van der Waals surface area contributed by atoms with E-state index >= 15 is 0 Å². The predicted octanol–water partition coefficient (Wildman–Crippen LogP) is 3.43. The van der Waals surface area contributed by atoms with Gasteiger partial charge in [0.05, 0.1) is 11.8 Å². The molecule has 1 aromatic heterocycles. The Morgan fingerprint density at radius 2 is 1.87 bits per heavy atom. The quantitative estimate of drug-likeness (QED) is 0.649. The Hall–Kier alpha value is -2.95. The van der Waals surface area contributed by atoms with E-state index in [-0.39, 0.29) is 17.6 Å². The number of nitriles is 1. The molecule has 0 unspecified atom stereocenters. The van der Waals surface area contributed by atoms with Crippen molar-refractivity contribution in [2.45, 2.75) is 26.6 Å². The third-order valence-electron chi connectivity index (χ3n) is 2.67. The summed E-state index contributed by atoms with van der Waals surface area (Å²) >= 11 is 0. The first-order valence-electron chi connectivity index (χ1n) is 6.74. The molecule has 0 spiro atoms. The van der Waals surface area contributed by atoms with Crippen LogP contribution in [0.15, 0.2) is 30.3 Å². The lowest BCUT2D eigenvalue weighted by Gasteiger charge is -2.15. The SMILES string of the molecule is CC(C)Oc1cc(-c2ccc(NC#N)nn2)ccc1OC(F)F. The lowest BCUT2D eigenvalue weighted by atomic mass is 10.1. The summed E-state index contributed by atoms with van der Waals surface area (Å²) in [6.45, 7) is 0.619. The summed E-state index contributed by atoms with van der Waals surface area (Å²) in [6.07, 6.45) is 1.53. The van der Waals surface area contributed by atoms with Crippen molar-refractivity contribution in [2.75, 3.05) is 5.32 Å². The van der Waals surface area contributed by atoms with Gasteiger partial charge in [-0.3, -0.25) is 5.32 Å². The first-order chi connectivity index (χ1) is 11.0. The van der Waals surface area contributed by atoms with E-state index in [0.717, 1.165) is 0 Å². The summed E-state index contributed by atoms with van der Waals surface area (Å²) in [4.78, 5) is 0. The molecule has 0 atom stereocenters. The van der Waals surface area contributed by atoms with Crippen molar-refractivity contribution < 1.29 is 18.3 Å². The summed E-state index contributed by atoms with van der Waals surface area (Å²) in [7, 11) is 0. The molecule has 0 aliphatic carbocycles. The number of benzene rings is 1. The molecule has 1 aromatic carbocycles. The van der Waals surface area contributed by atoms with Gasteiger partial charge in [-0.2, -0.15) is 14.0 Å². The number of rotatable bonds is 6. The molecule has 0 aliphatic heterocycles. The Balaban J connectivity index is 2.33. The molecule has 120 valence electrons. The summed E-state index contributed by atoms with van der Waals surface area (Å²) in [6, 6.07) is 7.75. The minimum atomic E-state index is -2.94. The molecule has 0 radical (unpaired) electrons. The summed E-state index contributed by atoms with van der Waals surface area (Å²) in [5.41, 5.74) is 1.13. The van der Waals surface area contributed by atoms with E-state index in [2.05, 4.69) is 20.3 Å².